The van der Waals surface area contributed by atoms with Gasteiger partial charge in [0.05, 0.1) is 24.3 Å². The Balaban J connectivity index is 1.72. The van der Waals surface area contributed by atoms with Crippen LogP contribution < -0.4 is 9.84 Å². The maximum atomic E-state index is 13.8. The lowest BCUT2D eigenvalue weighted by Gasteiger charge is -2.24. The van der Waals surface area contributed by atoms with Gasteiger partial charge in [0.15, 0.2) is 0 Å². The number of benzene rings is 3. The molecule has 0 aliphatic heterocycles. The molecule has 5 heteroatoms. The Bertz CT molecular complexity index is 1330. The van der Waals surface area contributed by atoms with Gasteiger partial charge in [-0.25, -0.2) is 9.37 Å². The van der Waals surface area contributed by atoms with Crippen molar-refractivity contribution in [3.8, 4) is 28.1 Å². The van der Waals surface area contributed by atoms with Crippen LogP contribution in [0.1, 0.15) is 21.5 Å². The first-order chi connectivity index (χ1) is 14.6. The molecule has 1 aliphatic rings. The smallest absolute Gasteiger partial charge is 0.126 e. The van der Waals surface area contributed by atoms with Gasteiger partial charge < -0.3 is 14.6 Å². The van der Waals surface area contributed by atoms with E-state index in [0.717, 1.165) is 28.0 Å². The van der Waals surface area contributed by atoms with Gasteiger partial charge in [-0.15, -0.1) is 0 Å². The van der Waals surface area contributed by atoms with Crippen LogP contribution in [0.5, 0.6) is 5.75 Å². The molecular formula is C25H17FNO3-. The molecule has 0 N–H and O–H groups in total. The van der Waals surface area contributed by atoms with Crippen molar-refractivity contribution in [1.29, 1.82) is 0 Å². The second-order valence-electron chi connectivity index (χ2n) is 7.34. The molecule has 5 rings (SSSR count). The second-order valence-corrected chi connectivity index (χ2v) is 7.34. The number of carboxylic acid groups (broad SMARTS) is 1. The van der Waals surface area contributed by atoms with Gasteiger partial charge in [0, 0.05) is 22.1 Å². The number of aromatic nitrogens is 1. The molecule has 1 aromatic heterocycles. The normalized spacial score (nSPS) is 12.3. The number of fused-ring (bicyclic) bond motifs is 4. The topological polar surface area (TPSA) is 62.2 Å². The number of ether oxygens (including phenoxy) is 1. The van der Waals surface area contributed by atoms with E-state index >= 15 is 0 Å². The Morgan fingerprint density at radius 1 is 1.03 bits per heavy atom. The third-order valence-electron chi connectivity index (χ3n) is 5.67. The quantitative estimate of drug-likeness (QED) is 0.519. The molecule has 3 aromatic carbocycles. The van der Waals surface area contributed by atoms with Crippen LogP contribution in [0.4, 0.5) is 4.39 Å². The monoisotopic (exact) mass is 398 g/mol. The molecule has 148 valence electrons. The minimum absolute atomic E-state index is 0.0361. The first-order valence-corrected chi connectivity index (χ1v) is 9.67. The molecule has 0 bridgehead atoms. The highest BCUT2D eigenvalue weighted by molar-refractivity contribution is 6.05. The number of rotatable bonds is 3. The number of hydrogen-bond donors (Lipinski definition) is 0. The van der Waals surface area contributed by atoms with Crippen molar-refractivity contribution in [3.63, 3.8) is 0 Å². The van der Waals surface area contributed by atoms with E-state index in [1.54, 1.807) is 7.11 Å². The van der Waals surface area contributed by atoms with Crippen molar-refractivity contribution in [1.82, 2.24) is 4.98 Å². The maximum Gasteiger partial charge on any atom is 0.126 e. The van der Waals surface area contributed by atoms with E-state index in [-0.39, 0.29) is 10.9 Å². The Hall–Kier alpha value is -3.73. The van der Waals surface area contributed by atoms with Crippen molar-refractivity contribution in [2.45, 2.75) is 12.8 Å². The Morgan fingerprint density at radius 2 is 1.87 bits per heavy atom. The number of carbonyl (C=O) groups is 1. The fraction of sp³-hybridized carbons (Fsp3) is 0.120. The number of hydrogen-bond acceptors (Lipinski definition) is 4. The maximum absolute atomic E-state index is 13.8. The number of pyridine rings is 1. The molecule has 0 unspecified atom stereocenters. The van der Waals surface area contributed by atoms with E-state index in [1.807, 2.05) is 36.4 Å². The van der Waals surface area contributed by atoms with E-state index in [9.17, 15) is 14.3 Å². The van der Waals surface area contributed by atoms with Crippen molar-refractivity contribution >= 4 is 16.9 Å². The van der Waals surface area contributed by atoms with E-state index in [0.29, 0.717) is 29.6 Å². The fourth-order valence-corrected chi connectivity index (χ4v) is 4.32. The van der Waals surface area contributed by atoms with Crippen LogP contribution in [-0.4, -0.2) is 18.1 Å². The van der Waals surface area contributed by atoms with Crippen molar-refractivity contribution in [2.24, 2.45) is 0 Å². The molecule has 0 saturated heterocycles. The molecular weight excluding hydrogens is 381 g/mol. The number of para-hydroxylation sites is 1. The zero-order chi connectivity index (χ0) is 20.8. The third-order valence-corrected chi connectivity index (χ3v) is 5.67. The SMILES string of the molecule is COc1ccccc1-c1ccc2c(c1)CCc1c-2nc2ccc(F)cc2c1C(=O)[O-]. The summed E-state index contributed by atoms with van der Waals surface area (Å²) in [5, 5.41) is 12.2. The molecule has 30 heavy (non-hydrogen) atoms. The molecule has 0 fully saturated rings. The molecule has 0 amide bonds. The number of nitrogens with zero attached hydrogens (tertiary/aromatic N) is 1. The summed E-state index contributed by atoms with van der Waals surface area (Å²) < 4.78 is 19.3. The lowest BCUT2D eigenvalue weighted by Crippen LogP contribution is -2.26. The molecule has 4 nitrogen and oxygen atoms in total. The molecule has 0 atom stereocenters. The number of aryl methyl sites for hydroxylation is 1. The minimum Gasteiger partial charge on any atom is -0.545 e. The van der Waals surface area contributed by atoms with Crippen LogP contribution in [0, 0.1) is 5.82 Å². The highest BCUT2D eigenvalue weighted by Crippen LogP contribution is 2.39. The van der Waals surface area contributed by atoms with Gasteiger partial charge in [0.2, 0.25) is 0 Å². The zero-order valence-electron chi connectivity index (χ0n) is 16.2. The van der Waals surface area contributed by atoms with Gasteiger partial charge in [0.25, 0.3) is 0 Å². The number of aromatic carboxylic acids is 1. The van der Waals surface area contributed by atoms with Gasteiger partial charge in [-0.05, 0) is 53.8 Å². The van der Waals surface area contributed by atoms with Crippen molar-refractivity contribution in [2.75, 3.05) is 7.11 Å². The standard InChI is InChI=1S/C25H18FNO3/c1-30-22-5-3-2-4-17(22)14-6-9-18-15(12-14)7-10-19-23(25(28)29)20-13-16(26)8-11-21(20)27-24(18)19/h2-6,8-9,11-13H,7,10H2,1H3,(H,28,29)/p-1. The molecule has 1 aliphatic carbocycles. The first-order valence-electron chi connectivity index (χ1n) is 9.67. The summed E-state index contributed by atoms with van der Waals surface area (Å²) in [7, 11) is 1.65. The van der Waals surface area contributed by atoms with Crippen LogP contribution in [-0.2, 0) is 12.8 Å². The van der Waals surface area contributed by atoms with Gasteiger partial charge >= 0.3 is 0 Å². The number of carboxylic acids is 1. The highest BCUT2D eigenvalue weighted by atomic mass is 19.1. The molecule has 4 aromatic rings. The fourth-order valence-electron chi connectivity index (χ4n) is 4.32. The Labute approximate surface area is 172 Å². The molecule has 0 saturated carbocycles. The van der Waals surface area contributed by atoms with Crippen molar-refractivity contribution in [3.05, 3.63) is 83.2 Å². The Kier molecular flexibility index (Phi) is 4.24. The van der Waals surface area contributed by atoms with Gasteiger partial charge in [-0.1, -0.05) is 36.4 Å². The predicted molar refractivity (Wildman–Crippen MR) is 111 cm³/mol. The number of carbonyl (C=O) groups excluding carboxylic acids is 1. The van der Waals surface area contributed by atoms with E-state index in [2.05, 4.69) is 6.07 Å². The van der Waals surface area contributed by atoms with Crippen LogP contribution in [0.25, 0.3) is 33.3 Å². The summed E-state index contributed by atoms with van der Waals surface area (Å²) in [6.07, 6.45) is 1.16. The largest absolute Gasteiger partial charge is 0.545 e. The summed E-state index contributed by atoms with van der Waals surface area (Å²) in [6, 6.07) is 17.9. The minimum atomic E-state index is -1.31. The number of methoxy groups -OCH3 is 1. The lowest BCUT2D eigenvalue weighted by atomic mass is 9.84. The summed E-state index contributed by atoms with van der Waals surface area (Å²) in [5.74, 6) is -1.01. The molecule has 0 radical (unpaired) electrons. The van der Waals surface area contributed by atoms with E-state index < -0.39 is 11.8 Å². The van der Waals surface area contributed by atoms with Crippen molar-refractivity contribution < 1.29 is 19.0 Å². The summed E-state index contributed by atoms with van der Waals surface area (Å²) in [4.78, 5) is 16.6. The lowest BCUT2D eigenvalue weighted by molar-refractivity contribution is -0.254. The van der Waals surface area contributed by atoms with Crippen LogP contribution >= 0.6 is 0 Å². The summed E-state index contributed by atoms with van der Waals surface area (Å²) >= 11 is 0. The third kappa shape index (κ3) is 2.82. The van der Waals surface area contributed by atoms with E-state index in [1.165, 1.54) is 18.2 Å². The average molecular weight is 398 g/mol. The predicted octanol–water partition coefficient (Wildman–Crippen LogP) is 4.18. The van der Waals surface area contributed by atoms with Gasteiger partial charge in [-0.2, -0.15) is 0 Å². The van der Waals surface area contributed by atoms with Crippen LogP contribution in [0.15, 0.2) is 60.7 Å². The van der Waals surface area contributed by atoms with Crippen LogP contribution in [0.3, 0.4) is 0 Å². The summed E-state index contributed by atoms with van der Waals surface area (Å²) in [6.45, 7) is 0. The first kappa shape index (κ1) is 18.3. The van der Waals surface area contributed by atoms with Gasteiger partial charge in [-0.3, -0.25) is 0 Å². The molecule has 0 spiro atoms. The summed E-state index contributed by atoms with van der Waals surface area (Å²) in [5.41, 5.74) is 5.70. The number of halogens is 1. The van der Waals surface area contributed by atoms with E-state index in [4.69, 9.17) is 9.72 Å². The molecule has 1 heterocycles. The van der Waals surface area contributed by atoms with Gasteiger partial charge in [0.1, 0.15) is 11.6 Å². The second kappa shape index (κ2) is 6.95. The van der Waals surface area contributed by atoms with Crippen LogP contribution in [0.2, 0.25) is 0 Å². The zero-order valence-corrected chi connectivity index (χ0v) is 16.2. The average Bonchev–Trinajstić information content (AvgIpc) is 2.76. The Morgan fingerprint density at radius 3 is 2.67 bits per heavy atom. The highest BCUT2D eigenvalue weighted by Gasteiger charge is 2.24.